The highest BCUT2D eigenvalue weighted by Crippen LogP contribution is 2.35. The number of anilines is 1. The summed E-state index contributed by atoms with van der Waals surface area (Å²) in [7, 11) is 1.45. The van der Waals surface area contributed by atoms with Crippen LogP contribution >= 0.6 is 11.6 Å². The van der Waals surface area contributed by atoms with Gasteiger partial charge in [0.15, 0.2) is 0 Å². The first kappa shape index (κ1) is 13.2. The van der Waals surface area contributed by atoms with Crippen molar-refractivity contribution >= 4 is 17.3 Å². The number of aromatic nitrogens is 1. The molecule has 96 valence electrons. The molecule has 4 nitrogen and oxygen atoms in total. The van der Waals surface area contributed by atoms with Crippen LogP contribution in [0, 0.1) is 18.3 Å². The Kier molecular flexibility index (Phi) is 3.59. The molecule has 0 aliphatic carbocycles. The number of hydrogen-bond donors (Lipinski definition) is 1. The van der Waals surface area contributed by atoms with Crippen molar-refractivity contribution in [2.24, 2.45) is 0 Å². The summed E-state index contributed by atoms with van der Waals surface area (Å²) in [5.41, 5.74) is 9.05. The average Bonchev–Trinajstić information content (AvgIpc) is 2.42. The molecule has 1 aromatic carbocycles. The van der Waals surface area contributed by atoms with Gasteiger partial charge >= 0.3 is 0 Å². The number of nitriles is 1. The smallest absolute Gasteiger partial charge is 0.233 e. The number of nitrogens with zero attached hydrogens (tertiary/aromatic N) is 2. The normalized spacial score (nSPS) is 10.0. The van der Waals surface area contributed by atoms with Crippen LogP contribution in [0.4, 0.5) is 5.69 Å². The summed E-state index contributed by atoms with van der Waals surface area (Å²) >= 11 is 6.10. The van der Waals surface area contributed by atoms with E-state index < -0.39 is 0 Å². The van der Waals surface area contributed by atoms with Crippen LogP contribution in [0.15, 0.2) is 24.4 Å². The summed E-state index contributed by atoms with van der Waals surface area (Å²) in [6.45, 7) is 1.90. The molecule has 0 aliphatic heterocycles. The number of benzene rings is 1. The first-order chi connectivity index (χ1) is 9.10. The van der Waals surface area contributed by atoms with E-state index in [9.17, 15) is 0 Å². The Labute approximate surface area is 116 Å². The van der Waals surface area contributed by atoms with Gasteiger partial charge in [-0.05, 0) is 24.1 Å². The summed E-state index contributed by atoms with van der Waals surface area (Å²) < 4.78 is 5.02. The summed E-state index contributed by atoms with van der Waals surface area (Å²) in [4.78, 5) is 4.11. The third-order valence-corrected chi connectivity index (χ3v) is 3.36. The van der Waals surface area contributed by atoms with E-state index in [0.717, 1.165) is 11.1 Å². The van der Waals surface area contributed by atoms with E-state index in [0.29, 0.717) is 16.3 Å². The SMILES string of the molecule is COc1ncc(-c2cccc(Cl)c2C)c(N)c1C#N. The van der Waals surface area contributed by atoms with Gasteiger partial charge in [0.05, 0.1) is 12.8 Å². The quantitative estimate of drug-likeness (QED) is 0.912. The van der Waals surface area contributed by atoms with Crippen LogP contribution in [0.5, 0.6) is 5.88 Å². The highest BCUT2D eigenvalue weighted by atomic mass is 35.5. The second-order valence-electron chi connectivity index (χ2n) is 3.99. The third-order valence-electron chi connectivity index (χ3n) is 2.95. The minimum Gasteiger partial charge on any atom is -0.480 e. The predicted molar refractivity (Wildman–Crippen MR) is 75.1 cm³/mol. The second-order valence-corrected chi connectivity index (χ2v) is 4.40. The fraction of sp³-hybridized carbons (Fsp3) is 0.143. The lowest BCUT2D eigenvalue weighted by atomic mass is 9.99. The molecule has 0 bridgehead atoms. The first-order valence-corrected chi connectivity index (χ1v) is 5.96. The number of nitrogens with two attached hydrogens (primary N) is 1. The Balaban J connectivity index is 2.71. The maximum Gasteiger partial charge on any atom is 0.233 e. The zero-order valence-electron chi connectivity index (χ0n) is 10.6. The Hall–Kier alpha value is -2.25. The molecule has 19 heavy (non-hydrogen) atoms. The van der Waals surface area contributed by atoms with Crippen molar-refractivity contribution in [1.29, 1.82) is 5.26 Å². The van der Waals surface area contributed by atoms with Crippen LogP contribution in [0.25, 0.3) is 11.1 Å². The van der Waals surface area contributed by atoms with Crippen LogP contribution in [0.2, 0.25) is 5.02 Å². The monoisotopic (exact) mass is 273 g/mol. The lowest BCUT2D eigenvalue weighted by molar-refractivity contribution is 0.397. The van der Waals surface area contributed by atoms with Crippen LogP contribution in [-0.2, 0) is 0 Å². The van der Waals surface area contributed by atoms with Crippen LogP contribution in [0.3, 0.4) is 0 Å². The first-order valence-electron chi connectivity index (χ1n) is 5.58. The third kappa shape index (κ3) is 2.20. The van der Waals surface area contributed by atoms with E-state index in [4.69, 9.17) is 27.3 Å². The molecular formula is C14H12ClN3O. The molecule has 5 heteroatoms. The van der Waals surface area contributed by atoms with Crippen molar-refractivity contribution in [2.75, 3.05) is 12.8 Å². The summed E-state index contributed by atoms with van der Waals surface area (Å²) in [5, 5.41) is 9.79. The molecule has 0 amide bonds. The molecule has 2 N–H and O–H groups in total. The molecule has 0 saturated carbocycles. The Morgan fingerprint density at radius 2 is 2.11 bits per heavy atom. The number of rotatable bonds is 2. The van der Waals surface area contributed by atoms with Crippen molar-refractivity contribution in [3.63, 3.8) is 0 Å². The van der Waals surface area contributed by atoms with E-state index in [1.54, 1.807) is 12.3 Å². The van der Waals surface area contributed by atoms with Gasteiger partial charge < -0.3 is 10.5 Å². The second kappa shape index (κ2) is 5.17. The van der Waals surface area contributed by atoms with Crippen molar-refractivity contribution in [2.45, 2.75) is 6.92 Å². The fourth-order valence-corrected chi connectivity index (χ4v) is 2.06. The molecule has 1 aromatic heterocycles. The number of ether oxygens (including phenoxy) is 1. The number of halogens is 1. The van der Waals surface area contributed by atoms with Gasteiger partial charge in [-0.1, -0.05) is 23.7 Å². The van der Waals surface area contributed by atoms with Gasteiger partial charge in [-0.25, -0.2) is 4.98 Å². The fourth-order valence-electron chi connectivity index (χ4n) is 1.88. The number of methoxy groups -OCH3 is 1. The largest absolute Gasteiger partial charge is 0.480 e. The molecule has 0 fully saturated rings. The minimum atomic E-state index is 0.225. The molecule has 2 aromatic rings. The highest BCUT2D eigenvalue weighted by Gasteiger charge is 2.15. The van der Waals surface area contributed by atoms with Crippen LogP contribution in [-0.4, -0.2) is 12.1 Å². The number of nitrogen functional groups attached to an aromatic ring is 1. The zero-order chi connectivity index (χ0) is 14.0. The molecule has 0 saturated heterocycles. The van der Waals surface area contributed by atoms with Gasteiger partial charge in [-0.3, -0.25) is 0 Å². The van der Waals surface area contributed by atoms with E-state index in [1.807, 2.05) is 25.1 Å². The predicted octanol–water partition coefficient (Wildman–Crippen LogP) is 3.17. The lowest BCUT2D eigenvalue weighted by Crippen LogP contribution is -2.01. The number of pyridine rings is 1. The topological polar surface area (TPSA) is 71.9 Å². The molecular weight excluding hydrogens is 262 g/mol. The van der Waals surface area contributed by atoms with Gasteiger partial charge in [-0.2, -0.15) is 5.26 Å². The Bertz CT molecular complexity index is 677. The van der Waals surface area contributed by atoms with Crippen LogP contribution in [0.1, 0.15) is 11.1 Å². The van der Waals surface area contributed by atoms with Crippen molar-refractivity contribution in [3.8, 4) is 23.1 Å². The summed E-state index contributed by atoms with van der Waals surface area (Å²) in [5.74, 6) is 0.225. The molecule has 0 spiro atoms. The average molecular weight is 274 g/mol. The van der Waals surface area contributed by atoms with E-state index in [1.165, 1.54) is 7.11 Å². The lowest BCUT2D eigenvalue weighted by Gasteiger charge is -2.12. The standard InChI is InChI=1S/C14H12ClN3O/c1-8-9(4-3-5-12(8)15)11-7-18-14(19-2)10(6-16)13(11)17/h3-5,7H,1-2H3,(H2,17,18). The van der Waals surface area contributed by atoms with Gasteiger partial charge in [0, 0.05) is 16.8 Å². The minimum absolute atomic E-state index is 0.225. The van der Waals surface area contributed by atoms with E-state index >= 15 is 0 Å². The molecule has 0 atom stereocenters. The summed E-state index contributed by atoms with van der Waals surface area (Å²) in [6, 6.07) is 7.54. The maximum absolute atomic E-state index is 9.15. The molecule has 1 heterocycles. The number of hydrogen-bond acceptors (Lipinski definition) is 4. The van der Waals surface area contributed by atoms with Crippen LogP contribution < -0.4 is 10.5 Å². The van der Waals surface area contributed by atoms with E-state index in [-0.39, 0.29) is 11.4 Å². The molecule has 0 unspecified atom stereocenters. The van der Waals surface area contributed by atoms with Gasteiger partial charge in [0.25, 0.3) is 0 Å². The zero-order valence-corrected chi connectivity index (χ0v) is 11.3. The Morgan fingerprint density at radius 3 is 2.74 bits per heavy atom. The molecule has 0 radical (unpaired) electrons. The van der Waals surface area contributed by atoms with E-state index in [2.05, 4.69) is 4.98 Å². The van der Waals surface area contributed by atoms with Crippen molar-refractivity contribution in [3.05, 3.63) is 40.5 Å². The van der Waals surface area contributed by atoms with Gasteiger partial charge in [0.2, 0.25) is 5.88 Å². The molecule has 0 aliphatic rings. The van der Waals surface area contributed by atoms with Gasteiger partial charge in [-0.15, -0.1) is 0 Å². The summed E-state index contributed by atoms with van der Waals surface area (Å²) in [6.07, 6.45) is 1.59. The Morgan fingerprint density at radius 1 is 1.37 bits per heavy atom. The molecule has 2 rings (SSSR count). The van der Waals surface area contributed by atoms with Crippen molar-refractivity contribution < 1.29 is 4.74 Å². The van der Waals surface area contributed by atoms with Gasteiger partial charge in [0.1, 0.15) is 11.6 Å². The highest BCUT2D eigenvalue weighted by molar-refractivity contribution is 6.31. The maximum atomic E-state index is 9.15. The van der Waals surface area contributed by atoms with Crippen molar-refractivity contribution in [1.82, 2.24) is 4.98 Å².